The van der Waals surface area contributed by atoms with E-state index in [1.807, 2.05) is 0 Å². The summed E-state index contributed by atoms with van der Waals surface area (Å²) in [6.45, 7) is 5.38. The minimum atomic E-state index is -0.187. The van der Waals surface area contributed by atoms with Crippen LogP contribution in [0.5, 0.6) is 0 Å². The smallest absolute Gasteiger partial charge is 0.218 e. The Morgan fingerprint density at radius 3 is 3.00 bits per heavy atom. The largest absolute Gasteiger partial charge is 0.370 e. The van der Waals surface area contributed by atoms with Gasteiger partial charge in [-0.3, -0.25) is 4.79 Å². The topological polar surface area (TPSA) is 46.3 Å². The van der Waals surface area contributed by atoms with Gasteiger partial charge in [0.15, 0.2) is 0 Å². The van der Waals surface area contributed by atoms with E-state index in [0.29, 0.717) is 6.42 Å². The van der Waals surface area contributed by atoms with Crippen LogP contribution in [0, 0.1) is 5.92 Å². The molecule has 0 radical (unpaired) electrons. The van der Waals surface area contributed by atoms with Crippen LogP contribution in [0.2, 0.25) is 0 Å². The fourth-order valence-corrected chi connectivity index (χ4v) is 1.76. The maximum Gasteiger partial charge on any atom is 0.218 e. The zero-order valence-corrected chi connectivity index (χ0v) is 7.75. The molecule has 12 heavy (non-hydrogen) atoms. The van der Waals surface area contributed by atoms with Gasteiger partial charge in [0, 0.05) is 19.5 Å². The van der Waals surface area contributed by atoms with Crippen molar-refractivity contribution in [3.63, 3.8) is 0 Å². The van der Waals surface area contributed by atoms with Gasteiger partial charge in [-0.2, -0.15) is 0 Å². The third kappa shape index (κ3) is 3.22. The van der Waals surface area contributed by atoms with Crippen molar-refractivity contribution in [2.45, 2.75) is 26.2 Å². The summed E-state index contributed by atoms with van der Waals surface area (Å²) in [5.41, 5.74) is 5.08. The molecule has 1 heterocycles. The van der Waals surface area contributed by atoms with E-state index < -0.39 is 0 Å². The summed E-state index contributed by atoms with van der Waals surface area (Å²) in [4.78, 5) is 12.9. The number of nitrogens with two attached hydrogens (primary N) is 1. The van der Waals surface area contributed by atoms with Gasteiger partial charge in [-0.25, -0.2) is 0 Å². The summed E-state index contributed by atoms with van der Waals surface area (Å²) in [6, 6.07) is 0. The molecule has 0 aliphatic carbocycles. The molecule has 1 aliphatic heterocycles. The number of carbonyl (C=O) groups excluding carboxylic acids is 1. The van der Waals surface area contributed by atoms with Crippen LogP contribution in [0.25, 0.3) is 0 Å². The van der Waals surface area contributed by atoms with Crippen molar-refractivity contribution in [2.24, 2.45) is 11.7 Å². The second-order valence-electron chi connectivity index (χ2n) is 3.76. The van der Waals surface area contributed by atoms with Gasteiger partial charge in [0.1, 0.15) is 0 Å². The Kier molecular flexibility index (Phi) is 3.53. The first-order chi connectivity index (χ1) is 5.68. The highest BCUT2D eigenvalue weighted by molar-refractivity contribution is 5.73. The Bertz CT molecular complexity index is 159. The lowest BCUT2D eigenvalue weighted by atomic mass is 10.0. The lowest BCUT2D eigenvalue weighted by Crippen LogP contribution is -2.36. The van der Waals surface area contributed by atoms with Crippen molar-refractivity contribution in [1.29, 1.82) is 0 Å². The van der Waals surface area contributed by atoms with Gasteiger partial charge in [-0.1, -0.05) is 6.92 Å². The monoisotopic (exact) mass is 170 g/mol. The molecule has 70 valence electrons. The van der Waals surface area contributed by atoms with Gasteiger partial charge in [-0.05, 0) is 25.3 Å². The molecule has 0 aromatic rings. The third-order valence-corrected chi connectivity index (χ3v) is 2.42. The van der Waals surface area contributed by atoms with Crippen molar-refractivity contribution in [3.8, 4) is 0 Å². The quantitative estimate of drug-likeness (QED) is 0.674. The Morgan fingerprint density at radius 1 is 1.67 bits per heavy atom. The van der Waals surface area contributed by atoms with Gasteiger partial charge in [-0.15, -0.1) is 0 Å². The van der Waals surface area contributed by atoms with Gasteiger partial charge >= 0.3 is 0 Å². The minimum Gasteiger partial charge on any atom is -0.370 e. The number of piperidine rings is 1. The van der Waals surface area contributed by atoms with Crippen molar-refractivity contribution in [3.05, 3.63) is 0 Å². The van der Waals surface area contributed by atoms with Gasteiger partial charge in [0.25, 0.3) is 0 Å². The second kappa shape index (κ2) is 4.45. The van der Waals surface area contributed by atoms with Crippen LogP contribution in [0.3, 0.4) is 0 Å². The SMILES string of the molecule is C[C@@H]1CCCN(CCC(N)=O)C1. The molecule has 0 aromatic carbocycles. The van der Waals surface area contributed by atoms with Crippen LogP contribution >= 0.6 is 0 Å². The first-order valence-corrected chi connectivity index (χ1v) is 4.69. The molecule has 0 spiro atoms. The number of hydrogen-bond donors (Lipinski definition) is 1. The Labute approximate surface area is 73.9 Å². The summed E-state index contributed by atoms with van der Waals surface area (Å²) in [5, 5.41) is 0. The average Bonchev–Trinajstić information content (AvgIpc) is 2.01. The number of likely N-dealkylation sites (tertiary alicyclic amines) is 1. The molecule has 0 aromatic heterocycles. The maximum atomic E-state index is 10.5. The van der Waals surface area contributed by atoms with E-state index >= 15 is 0 Å². The van der Waals surface area contributed by atoms with Crippen LogP contribution in [-0.2, 0) is 4.79 Å². The Balaban J connectivity index is 2.18. The number of carbonyl (C=O) groups is 1. The standard InChI is InChI=1S/C9H18N2O/c1-8-3-2-5-11(7-8)6-4-9(10)12/h8H,2-7H2,1H3,(H2,10,12)/t8-/m1/s1. The van der Waals surface area contributed by atoms with Crippen LogP contribution in [0.1, 0.15) is 26.2 Å². The highest BCUT2D eigenvalue weighted by Crippen LogP contribution is 2.14. The molecule has 3 nitrogen and oxygen atoms in total. The zero-order valence-electron chi connectivity index (χ0n) is 7.75. The molecule has 1 aliphatic rings. The molecule has 0 unspecified atom stereocenters. The molecule has 3 heteroatoms. The van der Waals surface area contributed by atoms with Crippen molar-refractivity contribution in [1.82, 2.24) is 4.90 Å². The molecular weight excluding hydrogens is 152 g/mol. The first kappa shape index (κ1) is 9.52. The lowest BCUT2D eigenvalue weighted by molar-refractivity contribution is -0.118. The number of amides is 1. The molecule has 1 atom stereocenters. The van der Waals surface area contributed by atoms with Crippen molar-refractivity contribution >= 4 is 5.91 Å². The van der Waals surface area contributed by atoms with E-state index in [1.54, 1.807) is 0 Å². The predicted molar refractivity (Wildman–Crippen MR) is 48.6 cm³/mol. The van der Waals surface area contributed by atoms with Gasteiger partial charge in [0.05, 0.1) is 0 Å². The van der Waals surface area contributed by atoms with E-state index in [4.69, 9.17) is 5.73 Å². The number of primary amides is 1. The highest BCUT2D eigenvalue weighted by atomic mass is 16.1. The fraction of sp³-hybridized carbons (Fsp3) is 0.889. The van der Waals surface area contributed by atoms with Crippen molar-refractivity contribution < 1.29 is 4.79 Å². The predicted octanol–water partition coefficient (Wildman–Crippen LogP) is 0.594. The number of hydrogen-bond acceptors (Lipinski definition) is 2. The first-order valence-electron chi connectivity index (χ1n) is 4.69. The molecular formula is C9H18N2O. The lowest BCUT2D eigenvalue weighted by Gasteiger charge is -2.30. The van der Waals surface area contributed by atoms with Crippen LogP contribution < -0.4 is 5.73 Å². The molecule has 0 saturated carbocycles. The zero-order chi connectivity index (χ0) is 8.97. The molecule has 1 rings (SSSR count). The summed E-state index contributed by atoms with van der Waals surface area (Å²) < 4.78 is 0. The molecule has 1 saturated heterocycles. The third-order valence-electron chi connectivity index (χ3n) is 2.42. The van der Waals surface area contributed by atoms with Crippen LogP contribution in [0.4, 0.5) is 0 Å². The van der Waals surface area contributed by atoms with E-state index in [1.165, 1.54) is 12.8 Å². The maximum absolute atomic E-state index is 10.5. The molecule has 2 N–H and O–H groups in total. The molecule has 1 amide bonds. The van der Waals surface area contributed by atoms with Crippen LogP contribution in [-0.4, -0.2) is 30.4 Å². The fourth-order valence-electron chi connectivity index (χ4n) is 1.76. The van der Waals surface area contributed by atoms with E-state index in [2.05, 4.69) is 11.8 Å². The van der Waals surface area contributed by atoms with E-state index in [-0.39, 0.29) is 5.91 Å². The Morgan fingerprint density at radius 2 is 2.42 bits per heavy atom. The molecule has 0 bridgehead atoms. The average molecular weight is 170 g/mol. The highest BCUT2D eigenvalue weighted by Gasteiger charge is 2.15. The molecule has 1 fully saturated rings. The summed E-state index contributed by atoms with van der Waals surface area (Å²) >= 11 is 0. The summed E-state index contributed by atoms with van der Waals surface area (Å²) in [5.74, 6) is 0.597. The number of nitrogens with zero attached hydrogens (tertiary/aromatic N) is 1. The minimum absolute atomic E-state index is 0.187. The van der Waals surface area contributed by atoms with Gasteiger partial charge in [0.2, 0.25) is 5.91 Å². The second-order valence-corrected chi connectivity index (χ2v) is 3.76. The van der Waals surface area contributed by atoms with Crippen LogP contribution in [0.15, 0.2) is 0 Å². The van der Waals surface area contributed by atoms with E-state index in [0.717, 1.165) is 25.6 Å². The van der Waals surface area contributed by atoms with E-state index in [9.17, 15) is 4.79 Å². The summed E-state index contributed by atoms with van der Waals surface area (Å²) in [7, 11) is 0. The normalized spacial score (nSPS) is 25.6. The Hall–Kier alpha value is -0.570. The van der Waals surface area contributed by atoms with Gasteiger partial charge < -0.3 is 10.6 Å². The van der Waals surface area contributed by atoms with Crippen molar-refractivity contribution in [2.75, 3.05) is 19.6 Å². The number of rotatable bonds is 3. The summed E-state index contributed by atoms with van der Waals surface area (Å²) in [6.07, 6.45) is 3.10.